The first-order chi connectivity index (χ1) is 14.6. The van der Waals surface area contributed by atoms with Gasteiger partial charge < -0.3 is 15.4 Å². The molecule has 3 aromatic rings. The third-order valence-electron chi connectivity index (χ3n) is 4.33. The average Bonchev–Trinajstić information content (AvgIpc) is 2.78. The van der Waals surface area contributed by atoms with Crippen molar-refractivity contribution in [2.45, 2.75) is 23.5 Å². The van der Waals surface area contributed by atoms with Gasteiger partial charge in [-0.2, -0.15) is 0 Å². The molecule has 1 aromatic heterocycles. The lowest BCUT2D eigenvalue weighted by Gasteiger charge is -2.15. The molecule has 0 aliphatic rings. The van der Waals surface area contributed by atoms with Gasteiger partial charge in [0, 0.05) is 34.2 Å². The van der Waals surface area contributed by atoms with Crippen LogP contribution in [0, 0.1) is 0 Å². The molecule has 0 fully saturated rings. The molecule has 2 aromatic carbocycles. The van der Waals surface area contributed by atoms with Gasteiger partial charge in [-0.15, -0.1) is 11.8 Å². The number of benzene rings is 2. The fraction of sp³-hybridized carbons (Fsp3) is 0.174. The molecular weight excluding hydrogens is 398 g/mol. The third kappa shape index (κ3) is 5.84. The Bertz CT molecular complexity index is 994. The van der Waals surface area contributed by atoms with E-state index in [1.807, 2.05) is 31.2 Å². The molecule has 2 N–H and O–H groups in total. The molecule has 3 rings (SSSR count). The summed E-state index contributed by atoms with van der Waals surface area (Å²) in [6.45, 7) is 1.97. The predicted molar refractivity (Wildman–Crippen MR) is 120 cm³/mol. The SMILES string of the molecule is CCC(Sc1cccc(NC(=O)c2ccc(OC)cc2)c1)C(=O)Nc1ccncc1. The van der Waals surface area contributed by atoms with E-state index in [0.29, 0.717) is 23.4 Å². The van der Waals surface area contributed by atoms with Crippen LogP contribution in [0.1, 0.15) is 23.7 Å². The fourth-order valence-corrected chi connectivity index (χ4v) is 3.75. The van der Waals surface area contributed by atoms with Crippen molar-refractivity contribution in [3.63, 3.8) is 0 Å². The molecule has 0 spiro atoms. The van der Waals surface area contributed by atoms with Crippen molar-refractivity contribution in [3.05, 3.63) is 78.6 Å². The first-order valence-electron chi connectivity index (χ1n) is 9.52. The monoisotopic (exact) mass is 421 g/mol. The van der Waals surface area contributed by atoms with Crippen molar-refractivity contribution in [1.82, 2.24) is 4.98 Å². The lowest BCUT2D eigenvalue weighted by molar-refractivity contribution is -0.115. The summed E-state index contributed by atoms with van der Waals surface area (Å²) in [6.07, 6.45) is 3.95. The number of hydrogen-bond donors (Lipinski definition) is 2. The minimum absolute atomic E-state index is 0.0682. The molecule has 1 heterocycles. The second-order valence-corrected chi connectivity index (χ2v) is 7.73. The van der Waals surface area contributed by atoms with Gasteiger partial charge in [0.05, 0.1) is 12.4 Å². The molecule has 0 saturated heterocycles. The van der Waals surface area contributed by atoms with Crippen LogP contribution in [0.3, 0.4) is 0 Å². The number of pyridine rings is 1. The van der Waals surface area contributed by atoms with E-state index in [2.05, 4.69) is 15.6 Å². The van der Waals surface area contributed by atoms with Crippen molar-refractivity contribution in [2.75, 3.05) is 17.7 Å². The Kier molecular flexibility index (Phi) is 7.45. The maximum Gasteiger partial charge on any atom is 0.255 e. The number of thioether (sulfide) groups is 1. The van der Waals surface area contributed by atoms with E-state index < -0.39 is 0 Å². The number of aromatic nitrogens is 1. The van der Waals surface area contributed by atoms with Crippen molar-refractivity contribution >= 4 is 35.0 Å². The maximum absolute atomic E-state index is 12.6. The fourth-order valence-electron chi connectivity index (χ4n) is 2.74. The van der Waals surface area contributed by atoms with Gasteiger partial charge in [0.2, 0.25) is 5.91 Å². The lowest BCUT2D eigenvalue weighted by atomic mass is 10.2. The van der Waals surface area contributed by atoms with Crippen LogP contribution in [0.4, 0.5) is 11.4 Å². The second-order valence-electron chi connectivity index (χ2n) is 6.45. The number of nitrogens with one attached hydrogen (secondary N) is 2. The smallest absolute Gasteiger partial charge is 0.255 e. The first-order valence-corrected chi connectivity index (χ1v) is 10.4. The van der Waals surface area contributed by atoms with E-state index >= 15 is 0 Å². The van der Waals surface area contributed by atoms with Crippen LogP contribution in [0.15, 0.2) is 78.0 Å². The highest BCUT2D eigenvalue weighted by molar-refractivity contribution is 8.00. The van der Waals surface area contributed by atoms with Crippen LogP contribution in [0.25, 0.3) is 0 Å². The molecule has 0 radical (unpaired) electrons. The zero-order valence-electron chi connectivity index (χ0n) is 16.8. The zero-order valence-corrected chi connectivity index (χ0v) is 17.6. The Morgan fingerprint density at radius 3 is 2.40 bits per heavy atom. The van der Waals surface area contributed by atoms with E-state index in [9.17, 15) is 9.59 Å². The molecule has 1 atom stereocenters. The number of anilines is 2. The van der Waals surface area contributed by atoms with Crippen LogP contribution >= 0.6 is 11.8 Å². The predicted octanol–water partition coefficient (Wildman–Crippen LogP) is 4.85. The Hall–Kier alpha value is -3.32. The quantitative estimate of drug-likeness (QED) is 0.508. The number of carbonyl (C=O) groups excluding carboxylic acids is 2. The van der Waals surface area contributed by atoms with Gasteiger partial charge in [-0.1, -0.05) is 13.0 Å². The van der Waals surface area contributed by atoms with Crippen LogP contribution in [-0.2, 0) is 4.79 Å². The molecule has 30 heavy (non-hydrogen) atoms. The highest BCUT2D eigenvalue weighted by atomic mass is 32.2. The summed E-state index contributed by atoms with van der Waals surface area (Å²) in [5.41, 5.74) is 1.93. The first kappa shape index (κ1) is 21.4. The van der Waals surface area contributed by atoms with Crippen LogP contribution in [0.5, 0.6) is 5.75 Å². The molecule has 2 amide bonds. The molecule has 7 heteroatoms. The van der Waals surface area contributed by atoms with Crippen molar-refractivity contribution in [2.24, 2.45) is 0 Å². The molecule has 0 saturated carbocycles. The summed E-state index contributed by atoms with van der Waals surface area (Å²) >= 11 is 1.46. The van der Waals surface area contributed by atoms with Crippen molar-refractivity contribution in [1.29, 1.82) is 0 Å². The number of hydrogen-bond acceptors (Lipinski definition) is 5. The molecule has 0 bridgehead atoms. The number of methoxy groups -OCH3 is 1. The van der Waals surface area contributed by atoms with Gasteiger partial charge in [-0.25, -0.2) is 0 Å². The molecular formula is C23H23N3O3S. The summed E-state index contributed by atoms with van der Waals surface area (Å²) < 4.78 is 5.12. The van der Waals surface area contributed by atoms with Crippen LogP contribution < -0.4 is 15.4 Å². The standard InChI is InChI=1S/C23H23N3O3S/c1-3-21(23(28)25-17-11-13-24-14-12-17)30-20-6-4-5-18(15-20)26-22(27)16-7-9-19(29-2)10-8-16/h4-15,21H,3H2,1-2H3,(H,26,27)(H,24,25,28). The minimum atomic E-state index is -0.259. The largest absolute Gasteiger partial charge is 0.497 e. The zero-order chi connectivity index (χ0) is 21.3. The summed E-state index contributed by atoms with van der Waals surface area (Å²) in [5, 5.41) is 5.55. The second kappa shape index (κ2) is 10.5. The Balaban J connectivity index is 1.64. The number of amides is 2. The number of ether oxygens (including phenoxy) is 1. The maximum atomic E-state index is 12.6. The van der Waals surface area contributed by atoms with E-state index in [0.717, 1.165) is 10.6 Å². The Morgan fingerprint density at radius 1 is 1.00 bits per heavy atom. The lowest BCUT2D eigenvalue weighted by Crippen LogP contribution is -2.24. The molecule has 0 aliphatic carbocycles. The summed E-state index contributed by atoms with van der Waals surface area (Å²) in [6, 6.07) is 17.9. The highest BCUT2D eigenvalue weighted by Crippen LogP contribution is 2.28. The average molecular weight is 422 g/mol. The third-order valence-corrected chi connectivity index (χ3v) is 5.69. The topological polar surface area (TPSA) is 80.3 Å². The Labute approximate surface area is 180 Å². The normalized spacial score (nSPS) is 11.4. The number of rotatable bonds is 8. The molecule has 154 valence electrons. The molecule has 1 unspecified atom stereocenters. The van der Waals surface area contributed by atoms with Crippen LogP contribution in [0.2, 0.25) is 0 Å². The molecule has 0 aliphatic heterocycles. The van der Waals surface area contributed by atoms with E-state index in [4.69, 9.17) is 4.74 Å². The molecule has 6 nitrogen and oxygen atoms in total. The summed E-state index contributed by atoms with van der Waals surface area (Å²) in [4.78, 5) is 30.0. The minimum Gasteiger partial charge on any atom is -0.497 e. The van der Waals surface area contributed by atoms with Gasteiger partial charge in [-0.3, -0.25) is 14.6 Å². The van der Waals surface area contributed by atoms with E-state index in [-0.39, 0.29) is 17.1 Å². The summed E-state index contributed by atoms with van der Waals surface area (Å²) in [7, 11) is 1.58. The number of carbonyl (C=O) groups is 2. The highest BCUT2D eigenvalue weighted by Gasteiger charge is 2.18. The van der Waals surface area contributed by atoms with Gasteiger partial charge >= 0.3 is 0 Å². The van der Waals surface area contributed by atoms with Gasteiger partial charge in [0.15, 0.2) is 0 Å². The van der Waals surface area contributed by atoms with E-state index in [1.165, 1.54) is 11.8 Å². The summed E-state index contributed by atoms with van der Waals surface area (Å²) in [5.74, 6) is 0.421. The van der Waals surface area contributed by atoms with Crippen LogP contribution in [-0.4, -0.2) is 29.2 Å². The number of nitrogens with zero attached hydrogens (tertiary/aromatic N) is 1. The Morgan fingerprint density at radius 2 is 1.73 bits per heavy atom. The van der Waals surface area contributed by atoms with Crippen molar-refractivity contribution in [3.8, 4) is 5.75 Å². The van der Waals surface area contributed by atoms with Gasteiger partial charge in [0.1, 0.15) is 5.75 Å². The van der Waals surface area contributed by atoms with Crippen molar-refractivity contribution < 1.29 is 14.3 Å². The van der Waals surface area contributed by atoms with Gasteiger partial charge in [0.25, 0.3) is 5.91 Å². The van der Waals surface area contributed by atoms with E-state index in [1.54, 1.807) is 55.9 Å². The van der Waals surface area contributed by atoms with Gasteiger partial charge in [-0.05, 0) is 61.0 Å².